The zero-order chi connectivity index (χ0) is 18.0. The molecule has 1 fully saturated rings. The van der Waals surface area contributed by atoms with Crippen molar-refractivity contribution in [1.29, 1.82) is 0 Å². The smallest absolute Gasteiger partial charge is 0.325 e. The van der Waals surface area contributed by atoms with E-state index in [2.05, 4.69) is 39.6 Å². The first-order valence-corrected chi connectivity index (χ1v) is 9.46. The average Bonchev–Trinajstić information content (AvgIpc) is 2.99. The molecule has 25 heavy (non-hydrogen) atoms. The number of amides is 2. The Bertz CT molecular complexity index is 750. The highest BCUT2D eigenvalue weighted by Gasteiger charge is 2.24. The zero-order valence-electron chi connectivity index (χ0n) is 15.2. The molecule has 2 atom stereocenters. The number of piperidine rings is 1. The molecule has 134 valence electrons. The number of anilines is 3. The number of carbonyl (C=O) groups is 1. The lowest BCUT2D eigenvalue weighted by Crippen LogP contribution is -2.38. The summed E-state index contributed by atoms with van der Waals surface area (Å²) in [5.41, 5.74) is 3.01. The van der Waals surface area contributed by atoms with E-state index in [1.165, 1.54) is 17.8 Å². The van der Waals surface area contributed by atoms with Gasteiger partial charge in [0.15, 0.2) is 0 Å². The SMILES string of the molecule is Cc1cccc(NC(=O)Nc2nnc(N3CC(C)CC(C)C3)s2)c1C. The van der Waals surface area contributed by atoms with Crippen molar-refractivity contribution in [2.24, 2.45) is 11.8 Å². The molecule has 0 bridgehead atoms. The molecule has 0 spiro atoms. The van der Waals surface area contributed by atoms with Crippen molar-refractivity contribution < 1.29 is 4.79 Å². The van der Waals surface area contributed by atoms with Gasteiger partial charge >= 0.3 is 6.03 Å². The highest BCUT2D eigenvalue weighted by Crippen LogP contribution is 2.30. The Kier molecular flexibility index (Phi) is 5.22. The molecule has 2 N–H and O–H groups in total. The van der Waals surface area contributed by atoms with Crippen LogP contribution in [-0.2, 0) is 0 Å². The van der Waals surface area contributed by atoms with Gasteiger partial charge in [-0.05, 0) is 49.3 Å². The molecule has 1 aliphatic rings. The van der Waals surface area contributed by atoms with Gasteiger partial charge in [0, 0.05) is 18.8 Å². The first-order chi connectivity index (χ1) is 11.9. The molecule has 1 saturated heterocycles. The lowest BCUT2D eigenvalue weighted by Gasteiger charge is -2.34. The highest BCUT2D eigenvalue weighted by atomic mass is 32.1. The van der Waals surface area contributed by atoms with E-state index in [4.69, 9.17) is 0 Å². The van der Waals surface area contributed by atoms with Crippen LogP contribution in [0.25, 0.3) is 0 Å². The molecule has 0 radical (unpaired) electrons. The largest absolute Gasteiger partial charge is 0.346 e. The highest BCUT2D eigenvalue weighted by molar-refractivity contribution is 7.19. The quantitative estimate of drug-likeness (QED) is 0.858. The van der Waals surface area contributed by atoms with Crippen LogP contribution in [0.2, 0.25) is 0 Å². The second-order valence-corrected chi connectivity index (χ2v) is 8.02. The molecule has 2 amide bonds. The maximum absolute atomic E-state index is 12.2. The number of hydrogen-bond acceptors (Lipinski definition) is 5. The van der Waals surface area contributed by atoms with Gasteiger partial charge in [0.05, 0.1) is 0 Å². The molecule has 1 aromatic carbocycles. The predicted molar refractivity (Wildman–Crippen MR) is 104 cm³/mol. The van der Waals surface area contributed by atoms with Crippen LogP contribution in [0.5, 0.6) is 0 Å². The van der Waals surface area contributed by atoms with E-state index in [9.17, 15) is 4.79 Å². The van der Waals surface area contributed by atoms with Crippen molar-refractivity contribution in [1.82, 2.24) is 10.2 Å². The summed E-state index contributed by atoms with van der Waals surface area (Å²) in [5.74, 6) is 1.30. The van der Waals surface area contributed by atoms with E-state index in [0.29, 0.717) is 17.0 Å². The van der Waals surface area contributed by atoms with Gasteiger partial charge in [-0.15, -0.1) is 10.2 Å². The fourth-order valence-corrected chi connectivity index (χ4v) is 4.11. The number of urea groups is 1. The third-order valence-electron chi connectivity index (χ3n) is 4.63. The molecule has 3 rings (SSSR count). The van der Waals surface area contributed by atoms with Gasteiger partial charge in [0.1, 0.15) is 0 Å². The van der Waals surface area contributed by atoms with Crippen molar-refractivity contribution in [2.75, 3.05) is 28.6 Å². The Balaban J connectivity index is 1.63. The molecule has 0 aliphatic carbocycles. The molecule has 2 aromatic rings. The molecular formula is C18H25N5OS. The normalized spacial score (nSPS) is 20.4. The minimum absolute atomic E-state index is 0.295. The van der Waals surface area contributed by atoms with Crippen LogP contribution in [0.15, 0.2) is 18.2 Å². The number of benzene rings is 1. The second kappa shape index (κ2) is 7.39. The van der Waals surface area contributed by atoms with Gasteiger partial charge in [-0.25, -0.2) is 4.79 Å². The van der Waals surface area contributed by atoms with E-state index >= 15 is 0 Å². The van der Waals surface area contributed by atoms with Crippen LogP contribution in [0, 0.1) is 25.7 Å². The molecule has 2 unspecified atom stereocenters. The Morgan fingerprint density at radius 2 is 1.88 bits per heavy atom. The topological polar surface area (TPSA) is 70.1 Å². The van der Waals surface area contributed by atoms with E-state index < -0.39 is 0 Å². The number of aromatic nitrogens is 2. The summed E-state index contributed by atoms with van der Waals surface area (Å²) < 4.78 is 0. The summed E-state index contributed by atoms with van der Waals surface area (Å²) in [6.45, 7) is 10.5. The summed E-state index contributed by atoms with van der Waals surface area (Å²) in [4.78, 5) is 14.5. The van der Waals surface area contributed by atoms with Gasteiger partial charge in [-0.1, -0.05) is 37.3 Å². The maximum Gasteiger partial charge on any atom is 0.325 e. The number of aryl methyl sites for hydroxylation is 1. The number of nitrogens with zero attached hydrogens (tertiary/aromatic N) is 3. The zero-order valence-corrected chi connectivity index (χ0v) is 16.0. The summed E-state index contributed by atoms with van der Waals surface area (Å²) in [7, 11) is 0. The number of carbonyl (C=O) groups excluding carboxylic acids is 1. The Morgan fingerprint density at radius 3 is 2.60 bits per heavy atom. The van der Waals surface area contributed by atoms with Crippen molar-refractivity contribution in [2.45, 2.75) is 34.1 Å². The summed E-state index contributed by atoms with van der Waals surface area (Å²) in [6, 6.07) is 5.55. The summed E-state index contributed by atoms with van der Waals surface area (Å²) in [5, 5.41) is 15.4. The average molecular weight is 359 g/mol. The first-order valence-electron chi connectivity index (χ1n) is 8.65. The Morgan fingerprint density at radius 1 is 1.16 bits per heavy atom. The fraction of sp³-hybridized carbons (Fsp3) is 0.500. The molecule has 7 heteroatoms. The molecule has 6 nitrogen and oxygen atoms in total. The first kappa shape index (κ1) is 17.7. The lowest BCUT2D eigenvalue weighted by atomic mass is 9.92. The molecule has 0 saturated carbocycles. The minimum atomic E-state index is -0.295. The fourth-order valence-electron chi connectivity index (χ4n) is 3.35. The van der Waals surface area contributed by atoms with Gasteiger partial charge < -0.3 is 10.2 Å². The van der Waals surface area contributed by atoms with Crippen LogP contribution >= 0.6 is 11.3 Å². The number of nitrogens with one attached hydrogen (secondary N) is 2. The van der Waals surface area contributed by atoms with Gasteiger partial charge in [-0.2, -0.15) is 0 Å². The van der Waals surface area contributed by atoms with Crippen molar-refractivity contribution >= 4 is 33.3 Å². The molecule has 2 heterocycles. The Hall–Kier alpha value is -2.15. The summed E-state index contributed by atoms with van der Waals surface area (Å²) in [6.07, 6.45) is 1.25. The van der Waals surface area contributed by atoms with E-state index in [-0.39, 0.29) is 6.03 Å². The monoisotopic (exact) mass is 359 g/mol. The maximum atomic E-state index is 12.2. The van der Waals surface area contributed by atoms with Crippen LogP contribution in [0.3, 0.4) is 0 Å². The van der Waals surface area contributed by atoms with Crippen LogP contribution in [0.1, 0.15) is 31.4 Å². The summed E-state index contributed by atoms with van der Waals surface area (Å²) >= 11 is 1.42. The van der Waals surface area contributed by atoms with Gasteiger partial charge in [0.2, 0.25) is 10.3 Å². The van der Waals surface area contributed by atoms with E-state index in [0.717, 1.165) is 35.0 Å². The van der Waals surface area contributed by atoms with Gasteiger partial charge in [0.25, 0.3) is 0 Å². The van der Waals surface area contributed by atoms with Crippen molar-refractivity contribution in [3.05, 3.63) is 29.3 Å². The van der Waals surface area contributed by atoms with Crippen LogP contribution < -0.4 is 15.5 Å². The standard InChI is InChI=1S/C18H25N5OS/c1-11-8-12(2)10-23(9-11)18-22-21-17(25-18)20-16(24)19-15-7-5-6-13(3)14(15)4/h5-7,11-12H,8-10H2,1-4H3,(H2,19,20,21,24). The Labute approximate surface area is 152 Å². The van der Waals surface area contributed by atoms with Crippen molar-refractivity contribution in [3.63, 3.8) is 0 Å². The predicted octanol–water partition coefficient (Wildman–Crippen LogP) is 4.28. The lowest BCUT2D eigenvalue weighted by molar-refractivity contribution is 0.262. The molecular weight excluding hydrogens is 334 g/mol. The van der Waals surface area contributed by atoms with Crippen molar-refractivity contribution in [3.8, 4) is 0 Å². The second-order valence-electron chi connectivity index (χ2n) is 7.07. The third kappa shape index (κ3) is 4.28. The number of rotatable bonds is 3. The molecule has 1 aromatic heterocycles. The number of hydrogen-bond donors (Lipinski definition) is 2. The van der Waals surface area contributed by atoms with Gasteiger partial charge in [-0.3, -0.25) is 5.32 Å². The molecule has 1 aliphatic heterocycles. The van der Waals surface area contributed by atoms with E-state index in [1.54, 1.807) is 0 Å². The van der Waals surface area contributed by atoms with Crippen LogP contribution in [0.4, 0.5) is 20.7 Å². The van der Waals surface area contributed by atoms with E-state index in [1.807, 2.05) is 32.0 Å². The minimum Gasteiger partial charge on any atom is -0.346 e. The van der Waals surface area contributed by atoms with Crippen LogP contribution in [-0.4, -0.2) is 29.3 Å². The third-order valence-corrected chi connectivity index (χ3v) is 5.53.